The Morgan fingerprint density at radius 1 is 0.875 bits per heavy atom. The van der Waals surface area contributed by atoms with Crippen LogP contribution < -0.4 is 0 Å². The first-order chi connectivity index (χ1) is 15.4. The first kappa shape index (κ1) is 22.7. The number of hydrogen-bond donors (Lipinski definition) is 0. The van der Waals surface area contributed by atoms with Crippen molar-refractivity contribution in [1.82, 2.24) is 29.3 Å². The van der Waals surface area contributed by atoms with Crippen LogP contribution in [0, 0.1) is 20.8 Å². The molecule has 0 spiro atoms. The summed E-state index contributed by atoms with van der Waals surface area (Å²) >= 11 is 0. The number of aryl methyl sites for hydroxylation is 3. The highest BCUT2D eigenvalue weighted by Crippen LogP contribution is 2.18. The minimum Gasteiger partial charge on any atom is -0.342 e. The summed E-state index contributed by atoms with van der Waals surface area (Å²) in [5.41, 5.74) is 4.94. The highest BCUT2D eigenvalue weighted by atomic mass is 16.2. The number of carbonyl (C=O) groups excluding carboxylic acids is 2. The van der Waals surface area contributed by atoms with Crippen LogP contribution >= 0.6 is 0 Å². The van der Waals surface area contributed by atoms with Crippen molar-refractivity contribution in [3.63, 3.8) is 0 Å². The third kappa shape index (κ3) is 5.11. The zero-order chi connectivity index (χ0) is 22.7. The maximum atomic E-state index is 12.9. The van der Waals surface area contributed by atoms with E-state index in [0.717, 1.165) is 67.3 Å². The first-order valence-corrected chi connectivity index (χ1v) is 12.0. The molecule has 2 aliphatic heterocycles. The second-order valence-electron chi connectivity index (χ2n) is 9.27. The molecule has 0 N–H and O–H groups in total. The summed E-state index contributed by atoms with van der Waals surface area (Å²) in [5, 5.41) is 4.52. The molecule has 32 heavy (non-hydrogen) atoms. The van der Waals surface area contributed by atoms with E-state index in [1.165, 1.54) is 12.8 Å². The van der Waals surface area contributed by atoms with Crippen LogP contribution in [0.25, 0.3) is 5.65 Å². The van der Waals surface area contributed by atoms with Crippen LogP contribution in [0.15, 0.2) is 6.07 Å². The Morgan fingerprint density at radius 2 is 1.53 bits per heavy atom. The number of aromatic nitrogens is 3. The number of rotatable bonds is 5. The Balaban J connectivity index is 1.27. The summed E-state index contributed by atoms with van der Waals surface area (Å²) < 4.78 is 1.88. The molecule has 2 aromatic heterocycles. The van der Waals surface area contributed by atoms with E-state index in [4.69, 9.17) is 0 Å². The van der Waals surface area contributed by atoms with Gasteiger partial charge >= 0.3 is 0 Å². The van der Waals surface area contributed by atoms with Gasteiger partial charge in [-0.15, -0.1) is 0 Å². The lowest BCUT2D eigenvalue weighted by molar-refractivity contribution is -0.135. The molecule has 0 aliphatic carbocycles. The topological polar surface area (TPSA) is 74.1 Å². The summed E-state index contributed by atoms with van der Waals surface area (Å²) in [4.78, 5) is 36.3. The number of hydrogen-bond acceptors (Lipinski definition) is 5. The van der Waals surface area contributed by atoms with E-state index in [1.807, 2.05) is 41.2 Å². The molecule has 4 rings (SSSR count). The molecule has 2 fully saturated rings. The van der Waals surface area contributed by atoms with E-state index >= 15 is 0 Å². The van der Waals surface area contributed by atoms with Crippen molar-refractivity contribution >= 4 is 17.5 Å². The van der Waals surface area contributed by atoms with Gasteiger partial charge in [-0.1, -0.05) is 12.8 Å². The number of nitrogens with zero attached hydrogens (tertiary/aromatic N) is 6. The Kier molecular flexibility index (Phi) is 7.08. The molecule has 2 aliphatic rings. The third-order valence-electron chi connectivity index (χ3n) is 6.92. The fourth-order valence-corrected chi connectivity index (χ4v) is 4.96. The smallest absolute Gasteiger partial charge is 0.236 e. The number of likely N-dealkylation sites (tertiary alicyclic amines) is 1. The van der Waals surface area contributed by atoms with Gasteiger partial charge < -0.3 is 9.80 Å². The van der Waals surface area contributed by atoms with Crippen molar-refractivity contribution in [3.8, 4) is 0 Å². The average Bonchev–Trinajstić information content (AvgIpc) is 2.97. The van der Waals surface area contributed by atoms with Gasteiger partial charge in [0.1, 0.15) is 0 Å². The van der Waals surface area contributed by atoms with Gasteiger partial charge in [0.05, 0.1) is 12.2 Å². The average molecular weight is 441 g/mol. The molecule has 0 bridgehead atoms. The number of fused-ring (bicyclic) bond motifs is 1. The van der Waals surface area contributed by atoms with Crippen LogP contribution in [0.5, 0.6) is 0 Å². The Labute approximate surface area is 190 Å². The van der Waals surface area contributed by atoms with Crippen LogP contribution in [0.3, 0.4) is 0 Å². The third-order valence-corrected chi connectivity index (χ3v) is 6.92. The van der Waals surface area contributed by atoms with E-state index in [0.29, 0.717) is 32.5 Å². The largest absolute Gasteiger partial charge is 0.342 e. The molecule has 0 unspecified atom stereocenters. The molecule has 2 amide bonds. The lowest BCUT2D eigenvalue weighted by Gasteiger charge is -2.35. The van der Waals surface area contributed by atoms with Gasteiger partial charge in [0.15, 0.2) is 5.65 Å². The predicted octanol–water partition coefficient (Wildman–Crippen LogP) is 2.13. The number of piperazine rings is 1. The monoisotopic (exact) mass is 440 g/mol. The fourth-order valence-electron chi connectivity index (χ4n) is 4.96. The van der Waals surface area contributed by atoms with Crippen molar-refractivity contribution in [2.75, 3.05) is 45.8 Å². The van der Waals surface area contributed by atoms with Crippen LogP contribution in [0.1, 0.15) is 54.7 Å². The fraction of sp³-hybridized carbons (Fsp3) is 0.667. The zero-order valence-corrected chi connectivity index (χ0v) is 19.8. The normalized spacial score (nSPS) is 18.2. The molecular weight excluding hydrogens is 404 g/mol. The van der Waals surface area contributed by atoms with Crippen molar-refractivity contribution in [2.24, 2.45) is 0 Å². The highest BCUT2D eigenvalue weighted by molar-refractivity contribution is 5.78. The van der Waals surface area contributed by atoms with E-state index in [9.17, 15) is 9.59 Å². The lowest BCUT2D eigenvalue weighted by Crippen LogP contribution is -2.51. The van der Waals surface area contributed by atoms with Crippen molar-refractivity contribution in [3.05, 3.63) is 28.7 Å². The molecule has 0 atom stereocenters. The SMILES string of the molecule is Cc1cc2nc(C)c(CCC(=O)N3CCN(CC(=O)N4CCCCCC4)CC3)c(C)n2n1. The second-order valence-corrected chi connectivity index (χ2v) is 9.27. The minimum absolute atomic E-state index is 0.180. The van der Waals surface area contributed by atoms with E-state index in [-0.39, 0.29) is 11.8 Å². The molecule has 0 radical (unpaired) electrons. The van der Waals surface area contributed by atoms with E-state index < -0.39 is 0 Å². The second kappa shape index (κ2) is 9.98. The maximum absolute atomic E-state index is 12.9. The summed E-state index contributed by atoms with van der Waals surface area (Å²) in [5.74, 6) is 0.424. The van der Waals surface area contributed by atoms with Crippen LogP contribution in [-0.2, 0) is 16.0 Å². The standard InChI is InChI=1S/C24H36N6O2/c1-18-16-22-25-19(2)21(20(3)30(22)26-18)8-9-23(31)29-14-12-27(13-15-29)17-24(32)28-10-6-4-5-7-11-28/h16H,4-15,17H2,1-3H3. The highest BCUT2D eigenvalue weighted by Gasteiger charge is 2.25. The van der Waals surface area contributed by atoms with Crippen molar-refractivity contribution in [2.45, 2.75) is 59.3 Å². The van der Waals surface area contributed by atoms with Crippen LogP contribution in [-0.4, -0.2) is 86.9 Å². The first-order valence-electron chi connectivity index (χ1n) is 12.0. The molecule has 0 saturated carbocycles. The molecular formula is C24H36N6O2. The molecule has 2 saturated heterocycles. The minimum atomic E-state index is 0.180. The van der Waals surface area contributed by atoms with Gasteiger partial charge in [0.25, 0.3) is 0 Å². The van der Waals surface area contributed by atoms with Gasteiger partial charge in [-0.05, 0) is 45.6 Å². The van der Waals surface area contributed by atoms with Crippen molar-refractivity contribution in [1.29, 1.82) is 0 Å². The Morgan fingerprint density at radius 3 is 2.22 bits per heavy atom. The molecule has 4 heterocycles. The predicted molar refractivity (Wildman–Crippen MR) is 124 cm³/mol. The zero-order valence-electron chi connectivity index (χ0n) is 19.8. The van der Waals surface area contributed by atoms with E-state index in [1.54, 1.807) is 0 Å². The number of amides is 2. The maximum Gasteiger partial charge on any atom is 0.236 e. The molecule has 2 aromatic rings. The molecule has 8 heteroatoms. The summed E-state index contributed by atoms with van der Waals surface area (Å²) in [6.45, 7) is 11.2. The van der Waals surface area contributed by atoms with Gasteiger partial charge in [-0.2, -0.15) is 5.10 Å². The summed E-state index contributed by atoms with van der Waals surface area (Å²) in [6.07, 6.45) is 5.85. The molecule has 174 valence electrons. The number of carbonyl (C=O) groups is 2. The lowest BCUT2D eigenvalue weighted by atomic mass is 10.1. The summed E-state index contributed by atoms with van der Waals surface area (Å²) in [7, 11) is 0. The van der Waals surface area contributed by atoms with Gasteiger partial charge in [0.2, 0.25) is 11.8 Å². The van der Waals surface area contributed by atoms with Crippen LogP contribution in [0.2, 0.25) is 0 Å². The molecule has 0 aromatic carbocycles. The van der Waals surface area contributed by atoms with Crippen molar-refractivity contribution < 1.29 is 9.59 Å². The molecule has 8 nitrogen and oxygen atoms in total. The van der Waals surface area contributed by atoms with Gasteiger partial charge in [-0.25, -0.2) is 9.50 Å². The van der Waals surface area contributed by atoms with Crippen LogP contribution in [0.4, 0.5) is 0 Å². The Hall–Kier alpha value is -2.48. The van der Waals surface area contributed by atoms with E-state index in [2.05, 4.69) is 15.0 Å². The summed E-state index contributed by atoms with van der Waals surface area (Å²) in [6, 6.07) is 1.98. The van der Waals surface area contributed by atoms with Gasteiger partial charge in [-0.3, -0.25) is 14.5 Å². The quantitative estimate of drug-likeness (QED) is 0.712. The Bertz CT molecular complexity index is 969. The van der Waals surface area contributed by atoms with Gasteiger partial charge in [0, 0.05) is 63.1 Å².